The third kappa shape index (κ3) is 2.96. The Kier molecular flexibility index (Phi) is 4.34. The van der Waals surface area contributed by atoms with Gasteiger partial charge in [0, 0.05) is 12.7 Å². The molecule has 0 aromatic heterocycles. The van der Waals surface area contributed by atoms with Crippen LogP contribution in [0.25, 0.3) is 0 Å². The molecule has 2 aromatic rings. The second kappa shape index (κ2) is 6.00. The van der Waals surface area contributed by atoms with Gasteiger partial charge in [-0.1, -0.05) is 6.07 Å². The van der Waals surface area contributed by atoms with Crippen LogP contribution in [-0.4, -0.2) is 13.0 Å². The second-order valence-corrected chi connectivity index (χ2v) is 4.85. The lowest BCUT2D eigenvalue weighted by Crippen LogP contribution is -2.14. The maximum atomic E-state index is 13.6. The zero-order valence-corrected chi connectivity index (χ0v) is 12.1. The minimum atomic E-state index is -0.513. The van der Waals surface area contributed by atoms with E-state index in [2.05, 4.69) is 26.6 Å². The van der Waals surface area contributed by atoms with E-state index in [4.69, 9.17) is 0 Å². The largest absolute Gasteiger partial charge is 0.385 e. The molecule has 2 rings (SSSR count). The number of hydrogen-bond donors (Lipinski definition) is 2. The number of benzene rings is 2. The highest BCUT2D eigenvalue weighted by Gasteiger charge is 2.14. The SMILES string of the molecule is CNc1c(F)cccc1C(=O)Nc1ccc(F)c(Br)c1. The second-order valence-electron chi connectivity index (χ2n) is 4.00. The molecule has 0 saturated heterocycles. The molecule has 2 N–H and O–H groups in total. The number of hydrogen-bond acceptors (Lipinski definition) is 2. The fourth-order valence-corrected chi connectivity index (χ4v) is 2.12. The normalized spacial score (nSPS) is 10.2. The van der Waals surface area contributed by atoms with E-state index in [9.17, 15) is 13.6 Å². The van der Waals surface area contributed by atoms with Gasteiger partial charge < -0.3 is 10.6 Å². The predicted octanol–water partition coefficient (Wildman–Crippen LogP) is 4.02. The van der Waals surface area contributed by atoms with Crippen LogP contribution < -0.4 is 10.6 Å². The molecular formula is C14H11BrF2N2O. The summed E-state index contributed by atoms with van der Waals surface area (Å²) in [6.45, 7) is 0. The van der Waals surface area contributed by atoms with E-state index < -0.39 is 17.5 Å². The molecule has 0 radical (unpaired) electrons. The molecule has 0 heterocycles. The molecular weight excluding hydrogens is 330 g/mol. The Hall–Kier alpha value is -1.95. The number of rotatable bonds is 3. The first-order valence-corrected chi connectivity index (χ1v) is 6.55. The smallest absolute Gasteiger partial charge is 0.257 e. The van der Waals surface area contributed by atoms with Crippen molar-refractivity contribution in [3.8, 4) is 0 Å². The van der Waals surface area contributed by atoms with Gasteiger partial charge in [-0.15, -0.1) is 0 Å². The Morgan fingerprint density at radius 3 is 2.55 bits per heavy atom. The Morgan fingerprint density at radius 2 is 1.90 bits per heavy atom. The van der Waals surface area contributed by atoms with Crippen LogP contribution in [0.15, 0.2) is 40.9 Å². The molecule has 6 heteroatoms. The first-order valence-electron chi connectivity index (χ1n) is 5.75. The minimum Gasteiger partial charge on any atom is -0.385 e. The van der Waals surface area contributed by atoms with Gasteiger partial charge in [-0.25, -0.2) is 8.78 Å². The van der Waals surface area contributed by atoms with Gasteiger partial charge in [0.25, 0.3) is 5.91 Å². The Bertz CT molecular complexity index is 662. The lowest BCUT2D eigenvalue weighted by Gasteiger charge is -2.11. The number of anilines is 2. The molecule has 3 nitrogen and oxygen atoms in total. The highest BCUT2D eigenvalue weighted by atomic mass is 79.9. The standard InChI is InChI=1S/C14H11BrF2N2O/c1-18-13-9(3-2-4-12(13)17)14(20)19-8-5-6-11(16)10(15)7-8/h2-7,18H,1H3,(H,19,20). The summed E-state index contributed by atoms with van der Waals surface area (Å²) in [6, 6.07) is 8.30. The number of para-hydroxylation sites is 1. The van der Waals surface area contributed by atoms with Crippen LogP contribution in [0.2, 0.25) is 0 Å². The van der Waals surface area contributed by atoms with Crippen LogP contribution in [0.4, 0.5) is 20.2 Å². The van der Waals surface area contributed by atoms with Crippen LogP contribution in [0.1, 0.15) is 10.4 Å². The number of carbonyl (C=O) groups is 1. The van der Waals surface area contributed by atoms with Gasteiger partial charge in [0.05, 0.1) is 15.7 Å². The summed E-state index contributed by atoms with van der Waals surface area (Å²) >= 11 is 3.03. The van der Waals surface area contributed by atoms with Crippen molar-refractivity contribution in [2.75, 3.05) is 17.7 Å². The Morgan fingerprint density at radius 1 is 1.15 bits per heavy atom. The van der Waals surface area contributed by atoms with Crippen LogP contribution in [0.3, 0.4) is 0 Å². The van der Waals surface area contributed by atoms with Crippen molar-refractivity contribution in [1.29, 1.82) is 0 Å². The maximum absolute atomic E-state index is 13.6. The molecule has 0 fully saturated rings. The number of carbonyl (C=O) groups excluding carboxylic acids is 1. The Labute approximate surface area is 123 Å². The van der Waals surface area contributed by atoms with Crippen molar-refractivity contribution < 1.29 is 13.6 Å². The molecule has 0 atom stereocenters. The van der Waals surface area contributed by atoms with E-state index >= 15 is 0 Å². The molecule has 20 heavy (non-hydrogen) atoms. The van der Waals surface area contributed by atoms with Gasteiger partial charge in [0.2, 0.25) is 0 Å². The fourth-order valence-electron chi connectivity index (χ4n) is 1.74. The molecule has 0 aliphatic carbocycles. The highest BCUT2D eigenvalue weighted by Crippen LogP contribution is 2.23. The summed E-state index contributed by atoms with van der Waals surface area (Å²) in [5.41, 5.74) is 0.703. The fraction of sp³-hybridized carbons (Fsp3) is 0.0714. The predicted molar refractivity (Wildman–Crippen MR) is 78.0 cm³/mol. The lowest BCUT2D eigenvalue weighted by atomic mass is 10.1. The van der Waals surface area contributed by atoms with E-state index in [-0.39, 0.29) is 15.7 Å². The van der Waals surface area contributed by atoms with Crippen LogP contribution in [0.5, 0.6) is 0 Å². The van der Waals surface area contributed by atoms with Crippen molar-refractivity contribution in [2.24, 2.45) is 0 Å². The van der Waals surface area contributed by atoms with E-state index in [1.54, 1.807) is 0 Å². The minimum absolute atomic E-state index is 0.117. The molecule has 0 saturated carbocycles. The molecule has 0 bridgehead atoms. The van der Waals surface area contributed by atoms with Gasteiger partial charge in [-0.3, -0.25) is 4.79 Å². The van der Waals surface area contributed by atoms with Crippen molar-refractivity contribution in [2.45, 2.75) is 0 Å². The summed E-state index contributed by atoms with van der Waals surface area (Å²) in [7, 11) is 1.53. The van der Waals surface area contributed by atoms with Crippen molar-refractivity contribution in [3.05, 3.63) is 58.1 Å². The number of amides is 1. The summed E-state index contributed by atoms with van der Waals surface area (Å²) in [6.07, 6.45) is 0. The average molecular weight is 341 g/mol. The molecule has 0 aliphatic rings. The van der Waals surface area contributed by atoms with Crippen molar-refractivity contribution >= 4 is 33.2 Å². The number of halogens is 3. The van der Waals surface area contributed by atoms with Crippen LogP contribution in [-0.2, 0) is 0 Å². The third-order valence-corrected chi connectivity index (χ3v) is 3.29. The van der Waals surface area contributed by atoms with Gasteiger partial charge in [-0.05, 0) is 46.3 Å². The summed E-state index contributed by atoms with van der Waals surface area (Å²) in [5, 5.41) is 5.23. The van der Waals surface area contributed by atoms with E-state index in [0.29, 0.717) is 5.69 Å². The first kappa shape index (κ1) is 14.5. The Balaban J connectivity index is 2.28. The van der Waals surface area contributed by atoms with Crippen molar-refractivity contribution in [1.82, 2.24) is 0 Å². The van der Waals surface area contributed by atoms with Crippen molar-refractivity contribution in [3.63, 3.8) is 0 Å². The number of nitrogens with one attached hydrogen (secondary N) is 2. The maximum Gasteiger partial charge on any atom is 0.257 e. The van der Waals surface area contributed by atoms with E-state index in [0.717, 1.165) is 0 Å². The molecule has 0 spiro atoms. The monoisotopic (exact) mass is 340 g/mol. The van der Waals surface area contributed by atoms with E-state index in [1.807, 2.05) is 0 Å². The topological polar surface area (TPSA) is 41.1 Å². The van der Waals surface area contributed by atoms with Gasteiger partial charge in [-0.2, -0.15) is 0 Å². The summed E-state index contributed by atoms with van der Waals surface area (Å²) in [5.74, 6) is -1.42. The zero-order valence-electron chi connectivity index (χ0n) is 10.5. The van der Waals surface area contributed by atoms with Gasteiger partial charge in [0.15, 0.2) is 0 Å². The molecule has 2 aromatic carbocycles. The molecule has 0 aliphatic heterocycles. The van der Waals surface area contributed by atoms with Crippen LogP contribution in [0, 0.1) is 11.6 Å². The zero-order chi connectivity index (χ0) is 14.7. The van der Waals surface area contributed by atoms with Gasteiger partial charge in [0.1, 0.15) is 11.6 Å². The molecule has 0 unspecified atom stereocenters. The quantitative estimate of drug-likeness (QED) is 0.885. The summed E-state index contributed by atoms with van der Waals surface area (Å²) in [4.78, 5) is 12.1. The molecule has 1 amide bonds. The average Bonchev–Trinajstić information content (AvgIpc) is 2.42. The van der Waals surface area contributed by atoms with E-state index in [1.165, 1.54) is 43.4 Å². The molecule has 104 valence electrons. The lowest BCUT2D eigenvalue weighted by molar-refractivity contribution is 0.102. The summed E-state index contributed by atoms with van der Waals surface area (Å²) < 4.78 is 26.9. The van der Waals surface area contributed by atoms with Crippen LogP contribution >= 0.6 is 15.9 Å². The first-order chi connectivity index (χ1) is 9.52. The van der Waals surface area contributed by atoms with Gasteiger partial charge >= 0.3 is 0 Å². The third-order valence-electron chi connectivity index (χ3n) is 2.69. The highest BCUT2D eigenvalue weighted by molar-refractivity contribution is 9.10.